The molecule has 0 saturated heterocycles. The van der Waals surface area contributed by atoms with Gasteiger partial charge in [0.1, 0.15) is 0 Å². The van der Waals surface area contributed by atoms with Crippen LogP contribution in [0.4, 0.5) is 0 Å². The van der Waals surface area contributed by atoms with Gasteiger partial charge >= 0.3 is 5.97 Å². The molecule has 0 heterocycles. The van der Waals surface area contributed by atoms with Crippen LogP contribution in [0.1, 0.15) is 48.6 Å². The highest BCUT2D eigenvalue weighted by atomic mass is 16.4. The topological polar surface area (TPSA) is 37.3 Å². The van der Waals surface area contributed by atoms with Crippen molar-refractivity contribution >= 4 is 5.97 Å². The van der Waals surface area contributed by atoms with Crippen LogP contribution >= 0.6 is 0 Å². The molecule has 1 N–H and O–H groups in total. The summed E-state index contributed by atoms with van der Waals surface area (Å²) in [6.07, 6.45) is 4.70. The third-order valence-corrected chi connectivity index (χ3v) is 4.24. The molecule has 1 saturated carbocycles. The van der Waals surface area contributed by atoms with Crippen LogP contribution in [0.15, 0.2) is 24.3 Å². The summed E-state index contributed by atoms with van der Waals surface area (Å²) in [5.74, 6) is -0.0296. The standard InChI is InChI=1S/C14H16O2/c15-14(16)13-11-7-3-1-5-9(11)10-6-2-4-8-12(10)13/h1,3,5,7,10,12-13H,2,4,6,8H2,(H,15,16). The van der Waals surface area contributed by atoms with Crippen LogP contribution in [0, 0.1) is 5.92 Å². The number of aliphatic carboxylic acids is 1. The highest BCUT2D eigenvalue weighted by molar-refractivity contribution is 5.79. The summed E-state index contributed by atoms with van der Waals surface area (Å²) in [4.78, 5) is 11.4. The van der Waals surface area contributed by atoms with E-state index in [4.69, 9.17) is 0 Å². The van der Waals surface area contributed by atoms with Crippen LogP contribution in [0.5, 0.6) is 0 Å². The van der Waals surface area contributed by atoms with E-state index in [1.807, 2.05) is 18.2 Å². The number of carboxylic acids is 1. The predicted molar refractivity (Wildman–Crippen MR) is 61.5 cm³/mol. The fourth-order valence-corrected chi connectivity index (χ4v) is 3.62. The normalized spacial score (nSPS) is 31.9. The van der Waals surface area contributed by atoms with Crippen molar-refractivity contribution in [3.63, 3.8) is 0 Å². The Kier molecular flexibility index (Phi) is 2.23. The molecule has 16 heavy (non-hydrogen) atoms. The quantitative estimate of drug-likeness (QED) is 0.783. The van der Waals surface area contributed by atoms with Crippen LogP contribution in [-0.2, 0) is 4.79 Å². The first-order chi connectivity index (χ1) is 7.79. The van der Waals surface area contributed by atoms with Gasteiger partial charge in [-0.25, -0.2) is 0 Å². The molecular formula is C14H16O2. The first-order valence-electron chi connectivity index (χ1n) is 6.10. The molecule has 0 radical (unpaired) electrons. The van der Waals surface area contributed by atoms with Crippen molar-refractivity contribution in [2.45, 2.75) is 37.5 Å². The molecule has 0 aromatic heterocycles. The zero-order valence-corrected chi connectivity index (χ0v) is 9.23. The molecule has 1 fully saturated rings. The van der Waals surface area contributed by atoms with Gasteiger partial charge in [-0.15, -0.1) is 0 Å². The number of carboxylic acid groups (broad SMARTS) is 1. The minimum Gasteiger partial charge on any atom is -0.481 e. The Labute approximate surface area is 95.3 Å². The molecule has 3 unspecified atom stereocenters. The Morgan fingerprint density at radius 3 is 2.56 bits per heavy atom. The summed E-state index contributed by atoms with van der Waals surface area (Å²) in [7, 11) is 0. The van der Waals surface area contributed by atoms with Crippen molar-refractivity contribution < 1.29 is 9.90 Å². The average Bonchev–Trinajstić information content (AvgIpc) is 2.63. The van der Waals surface area contributed by atoms with Gasteiger partial charge in [-0.1, -0.05) is 37.1 Å². The van der Waals surface area contributed by atoms with E-state index in [0.29, 0.717) is 11.8 Å². The molecule has 2 heteroatoms. The number of rotatable bonds is 1. The van der Waals surface area contributed by atoms with Crippen molar-refractivity contribution in [2.24, 2.45) is 5.92 Å². The Bertz CT molecular complexity index is 424. The lowest BCUT2D eigenvalue weighted by molar-refractivity contribution is -0.140. The van der Waals surface area contributed by atoms with Crippen LogP contribution in [0.25, 0.3) is 0 Å². The summed E-state index contributed by atoms with van der Waals surface area (Å²) < 4.78 is 0. The van der Waals surface area contributed by atoms with Crippen LogP contribution in [-0.4, -0.2) is 11.1 Å². The van der Waals surface area contributed by atoms with Gasteiger partial charge < -0.3 is 5.11 Å². The van der Waals surface area contributed by atoms with Gasteiger partial charge in [0, 0.05) is 0 Å². The van der Waals surface area contributed by atoms with Crippen LogP contribution in [0.2, 0.25) is 0 Å². The molecule has 84 valence electrons. The Hall–Kier alpha value is -1.31. The van der Waals surface area contributed by atoms with E-state index in [9.17, 15) is 9.90 Å². The second kappa shape index (κ2) is 3.62. The van der Waals surface area contributed by atoms with Gasteiger partial charge in [-0.2, -0.15) is 0 Å². The van der Waals surface area contributed by atoms with Crippen molar-refractivity contribution in [3.8, 4) is 0 Å². The lowest BCUT2D eigenvalue weighted by atomic mass is 9.76. The van der Waals surface area contributed by atoms with Crippen molar-refractivity contribution in [2.75, 3.05) is 0 Å². The maximum Gasteiger partial charge on any atom is 0.311 e. The molecule has 0 amide bonds. The summed E-state index contributed by atoms with van der Waals surface area (Å²) >= 11 is 0. The summed E-state index contributed by atoms with van der Waals surface area (Å²) in [6.45, 7) is 0. The zero-order chi connectivity index (χ0) is 11.1. The number of fused-ring (bicyclic) bond motifs is 3. The van der Waals surface area contributed by atoms with Crippen LogP contribution < -0.4 is 0 Å². The minimum absolute atomic E-state index is 0.249. The largest absolute Gasteiger partial charge is 0.481 e. The fraction of sp³-hybridized carbons (Fsp3) is 0.500. The fourth-order valence-electron chi connectivity index (χ4n) is 3.62. The van der Waals surface area contributed by atoms with Crippen LogP contribution in [0.3, 0.4) is 0 Å². The SMILES string of the molecule is O=C(O)C1c2ccccc2C2CCCCC21. The predicted octanol–water partition coefficient (Wildman–Crippen LogP) is 3.14. The van der Waals surface area contributed by atoms with E-state index >= 15 is 0 Å². The van der Waals surface area contributed by atoms with Gasteiger partial charge in [0.15, 0.2) is 0 Å². The third kappa shape index (κ3) is 1.29. The lowest BCUT2D eigenvalue weighted by Crippen LogP contribution is -2.22. The Morgan fingerprint density at radius 2 is 1.81 bits per heavy atom. The molecular weight excluding hydrogens is 200 g/mol. The molecule has 3 rings (SSSR count). The maximum absolute atomic E-state index is 11.4. The Morgan fingerprint density at radius 1 is 1.12 bits per heavy atom. The third-order valence-electron chi connectivity index (χ3n) is 4.24. The van der Waals surface area contributed by atoms with E-state index in [2.05, 4.69) is 6.07 Å². The van der Waals surface area contributed by atoms with E-state index in [1.54, 1.807) is 0 Å². The molecule has 2 aliphatic rings. The van der Waals surface area contributed by atoms with E-state index < -0.39 is 5.97 Å². The van der Waals surface area contributed by atoms with Gasteiger partial charge in [0.05, 0.1) is 5.92 Å². The Balaban J connectivity index is 2.09. The lowest BCUT2D eigenvalue weighted by Gasteiger charge is -2.27. The summed E-state index contributed by atoms with van der Waals surface area (Å²) in [6, 6.07) is 8.13. The van der Waals surface area contributed by atoms with Crippen molar-refractivity contribution in [1.29, 1.82) is 0 Å². The summed E-state index contributed by atoms with van der Waals surface area (Å²) in [5, 5.41) is 9.40. The molecule has 1 aromatic rings. The van der Waals surface area contributed by atoms with Gasteiger partial charge in [-0.3, -0.25) is 4.79 Å². The summed E-state index contributed by atoms with van der Waals surface area (Å²) in [5.41, 5.74) is 2.38. The molecule has 2 aliphatic carbocycles. The molecule has 0 bridgehead atoms. The number of hydrogen-bond donors (Lipinski definition) is 1. The van der Waals surface area contributed by atoms with Crippen molar-refractivity contribution in [1.82, 2.24) is 0 Å². The van der Waals surface area contributed by atoms with Gasteiger partial charge in [-0.05, 0) is 35.8 Å². The van der Waals surface area contributed by atoms with E-state index in [-0.39, 0.29) is 5.92 Å². The van der Waals surface area contributed by atoms with Gasteiger partial charge in [0.2, 0.25) is 0 Å². The second-order valence-electron chi connectivity index (χ2n) is 5.00. The highest BCUT2D eigenvalue weighted by Crippen LogP contribution is 2.53. The smallest absolute Gasteiger partial charge is 0.311 e. The first-order valence-corrected chi connectivity index (χ1v) is 6.10. The number of benzene rings is 1. The monoisotopic (exact) mass is 216 g/mol. The minimum atomic E-state index is -0.637. The maximum atomic E-state index is 11.4. The average molecular weight is 216 g/mol. The molecule has 3 atom stereocenters. The zero-order valence-electron chi connectivity index (χ0n) is 9.23. The number of carbonyl (C=O) groups is 1. The number of hydrogen-bond acceptors (Lipinski definition) is 1. The van der Waals surface area contributed by atoms with Gasteiger partial charge in [0.25, 0.3) is 0 Å². The van der Waals surface area contributed by atoms with Crippen molar-refractivity contribution in [3.05, 3.63) is 35.4 Å². The van der Waals surface area contributed by atoms with E-state index in [1.165, 1.54) is 24.8 Å². The molecule has 0 spiro atoms. The molecule has 2 nitrogen and oxygen atoms in total. The molecule has 1 aromatic carbocycles. The first kappa shape index (κ1) is 9.88. The van der Waals surface area contributed by atoms with E-state index in [0.717, 1.165) is 12.0 Å². The second-order valence-corrected chi connectivity index (χ2v) is 5.00. The highest BCUT2D eigenvalue weighted by Gasteiger charge is 2.44. The molecule has 0 aliphatic heterocycles.